The molecule has 3 N–H and O–H groups in total. The maximum absolute atomic E-state index is 13.0. The van der Waals surface area contributed by atoms with Crippen molar-refractivity contribution in [2.75, 3.05) is 6.61 Å². The molecule has 0 radical (unpaired) electrons. The van der Waals surface area contributed by atoms with Crippen LogP contribution in [0.1, 0.15) is 101 Å². The summed E-state index contributed by atoms with van der Waals surface area (Å²) in [6.07, 6.45) is -5.86. The van der Waals surface area contributed by atoms with Crippen LogP contribution >= 0.6 is 22.7 Å². The molecule has 0 aliphatic rings. The minimum absolute atomic E-state index is 0. The average molecular weight is 1060 g/mol. The van der Waals surface area contributed by atoms with Crippen molar-refractivity contribution in [3.05, 3.63) is 177 Å². The molecule has 4 heterocycles. The molecule has 0 saturated heterocycles. The minimum Gasteiger partial charge on any atom is -0.508 e. The van der Waals surface area contributed by atoms with Crippen molar-refractivity contribution in [1.82, 2.24) is 20.3 Å². The van der Waals surface area contributed by atoms with Crippen molar-refractivity contribution in [2.24, 2.45) is 0 Å². The molecule has 0 saturated carbocycles. The number of phenolic OH excluding ortho intramolecular Hbond substituents is 1. The number of carbonyl (C=O) groups is 2. The lowest BCUT2D eigenvalue weighted by atomic mass is 9.92. The van der Waals surface area contributed by atoms with E-state index in [1.165, 1.54) is 47.3 Å². The fraction of sp³-hybridized carbons (Fsp3) is 0.269. The summed E-state index contributed by atoms with van der Waals surface area (Å²) in [4.78, 5) is 33.0. The maximum atomic E-state index is 13.0. The Labute approximate surface area is 424 Å². The molecule has 0 unspecified atom stereocenters. The zero-order valence-corrected chi connectivity index (χ0v) is 39.5. The van der Waals surface area contributed by atoms with Crippen LogP contribution in [0, 0.1) is 13.8 Å². The van der Waals surface area contributed by atoms with Crippen molar-refractivity contribution >= 4 is 34.6 Å². The third kappa shape index (κ3) is 16.3. The van der Waals surface area contributed by atoms with Gasteiger partial charge in [0.05, 0.1) is 69.7 Å². The Morgan fingerprint density at radius 3 is 1.56 bits per heavy atom. The van der Waals surface area contributed by atoms with E-state index in [1.54, 1.807) is 93.6 Å². The van der Waals surface area contributed by atoms with Gasteiger partial charge >= 0.3 is 24.3 Å². The Morgan fingerprint density at radius 2 is 1.14 bits per heavy atom. The number of aliphatic hydroxyl groups is 1. The molecular formula is C52H52F6N4O9S2. The van der Waals surface area contributed by atoms with E-state index in [9.17, 15) is 46.1 Å². The van der Waals surface area contributed by atoms with Crippen molar-refractivity contribution in [3.8, 4) is 32.6 Å². The van der Waals surface area contributed by atoms with Crippen LogP contribution in [0.5, 0.6) is 11.5 Å². The van der Waals surface area contributed by atoms with Crippen LogP contribution in [-0.2, 0) is 39.9 Å². The van der Waals surface area contributed by atoms with Gasteiger partial charge in [0.1, 0.15) is 40.6 Å². The topological polar surface area (TPSA) is 191 Å². The van der Waals surface area contributed by atoms with Crippen molar-refractivity contribution in [2.45, 2.75) is 85.9 Å². The molecule has 0 aliphatic heterocycles. The minimum atomic E-state index is -4.42. The first-order valence-electron chi connectivity index (χ1n) is 21.4. The van der Waals surface area contributed by atoms with E-state index in [-0.39, 0.29) is 58.5 Å². The summed E-state index contributed by atoms with van der Waals surface area (Å²) in [7, 11) is 0. The fourth-order valence-corrected chi connectivity index (χ4v) is 8.73. The summed E-state index contributed by atoms with van der Waals surface area (Å²) >= 11 is 2.48. The third-order valence-electron chi connectivity index (χ3n) is 10.4. The number of halogens is 6. The summed E-state index contributed by atoms with van der Waals surface area (Å²) in [5.74, 6) is -1.19. The normalized spacial score (nSPS) is 11.9. The van der Waals surface area contributed by atoms with Crippen LogP contribution in [0.2, 0.25) is 0 Å². The van der Waals surface area contributed by atoms with Gasteiger partial charge in [-0.2, -0.15) is 26.3 Å². The van der Waals surface area contributed by atoms with Crippen LogP contribution < -0.4 is 4.74 Å². The fourth-order valence-electron chi connectivity index (χ4n) is 6.84. The van der Waals surface area contributed by atoms with Crippen LogP contribution in [0.4, 0.5) is 26.3 Å². The highest BCUT2D eigenvalue weighted by Gasteiger charge is 2.32. The summed E-state index contributed by atoms with van der Waals surface area (Å²) in [5.41, 5.74) is 3.55. The molecule has 4 aromatic carbocycles. The molecular weight excluding hydrogens is 1000 g/mol. The van der Waals surface area contributed by atoms with Crippen LogP contribution in [-0.4, -0.2) is 54.1 Å². The van der Waals surface area contributed by atoms with Crippen LogP contribution in [0.15, 0.2) is 131 Å². The van der Waals surface area contributed by atoms with E-state index in [2.05, 4.69) is 20.3 Å². The smallest absolute Gasteiger partial charge is 0.416 e. The van der Waals surface area contributed by atoms with E-state index >= 15 is 0 Å². The number of rotatable bonds is 15. The average Bonchev–Trinajstić information content (AvgIpc) is 4.19. The molecule has 73 heavy (non-hydrogen) atoms. The number of phenols is 1. The number of esters is 1. The van der Waals surface area contributed by atoms with Gasteiger partial charge in [0, 0.05) is 35.1 Å². The third-order valence-corrected chi connectivity index (χ3v) is 12.8. The number of alkyl halides is 6. The molecule has 388 valence electrons. The Balaban J connectivity index is 0.000000253. The van der Waals surface area contributed by atoms with E-state index in [1.807, 2.05) is 0 Å². The number of aliphatic hydroxyl groups excluding tert-OH is 1. The highest BCUT2D eigenvalue weighted by molar-refractivity contribution is 7.15. The Kier molecular flexibility index (Phi) is 21.0. The van der Waals surface area contributed by atoms with E-state index in [0.717, 1.165) is 40.3 Å². The van der Waals surface area contributed by atoms with Gasteiger partial charge in [-0.05, 0) is 80.4 Å². The summed E-state index contributed by atoms with van der Waals surface area (Å²) in [6, 6.07) is 27.1. The first-order valence-corrected chi connectivity index (χ1v) is 23.0. The van der Waals surface area contributed by atoms with Gasteiger partial charge in [0.25, 0.3) is 0 Å². The number of carboxylic acid groups (broad SMARTS) is 1. The highest BCUT2D eigenvalue weighted by atomic mass is 32.1. The molecule has 13 nitrogen and oxygen atoms in total. The largest absolute Gasteiger partial charge is 0.508 e. The Bertz CT molecular complexity index is 2960. The monoisotopic (exact) mass is 1050 g/mol. The lowest BCUT2D eigenvalue weighted by Gasteiger charge is -2.13. The Morgan fingerprint density at radius 1 is 0.671 bits per heavy atom. The molecule has 2 atom stereocenters. The molecule has 21 heteroatoms. The number of aryl methyl sites for hydroxylation is 2. The number of benzene rings is 4. The zero-order valence-electron chi connectivity index (χ0n) is 37.9. The van der Waals surface area contributed by atoms with Gasteiger partial charge in [0.2, 0.25) is 0 Å². The molecule has 4 aromatic heterocycles. The molecule has 8 aromatic rings. The molecule has 0 fully saturated rings. The molecule has 0 spiro atoms. The van der Waals surface area contributed by atoms with Crippen LogP contribution in [0.3, 0.4) is 0 Å². The second kappa shape index (κ2) is 26.4. The SMILES string of the molecule is C.C.CCOC(=O)C[C@@H](c1ccc(O)cc1)c1ccon1.Cc1nc(-c2cccc(C(F)(F)F)c2)sc1CO.Cc1nc(-c2cccc(C(F)(F)F)c2)sc1COc1ccc([C@H](CC(=O)O)c2ccon2)cc1. The van der Waals surface area contributed by atoms with Gasteiger partial charge in [0.15, 0.2) is 0 Å². The predicted octanol–water partition coefficient (Wildman–Crippen LogP) is 13.7. The second-order valence-electron chi connectivity index (χ2n) is 15.4. The van der Waals surface area contributed by atoms with E-state index < -0.39 is 35.4 Å². The number of hydrogen-bond donors (Lipinski definition) is 3. The predicted molar refractivity (Wildman–Crippen MR) is 263 cm³/mol. The van der Waals surface area contributed by atoms with E-state index in [4.69, 9.17) is 23.6 Å². The van der Waals surface area contributed by atoms with Gasteiger partial charge in [-0.15, -0.1) is 22.7 Å². The highest BCUT2D eigenvalue weighted by Crippen LogP contribution is 2.37. The Hall–Kier alpha value is -7.36. The van der Waals surface area contributed by atoms with Crippen molar-refractivity contribution < 1.29 is 69.8 Å². The quantitative estimate of drug-likeness (QED) is 0.0650. The number of nitrogens with zero attached hydrogens (tertiary/aromatic N) is 4. The van der Waals surface area contributed by atoms with Crippen LogP contribution in [0.25, 0.3) is 21.1 Å². The van der Waals surface area contributed by atoms with Crippen molar-refractivity contribution in [1.29, 1.82) is 0 Å². The number of ether oxygens (including phenoxy) is 2. The maximum Gasteiger partial charge on any atom is 0.416 e. The lowest BCUT2D eigenvalue weighted by molar-refractivity contribution is -0.143. The van der Waals surface area contributed by atoms with Gasteiger partial charge < -0.3 is 33.8 Å². The van der Waals surface area contributed by atoms with E-state index in [0.29, 0.717) is 61.2 Å². The van der Waals surface area contributed by atoms with Gasteiger partial charge in [-0.3, -0.25) is 9.59 Å². The number of carbonyl (C=O) groups excluding carboxylic acids is 1. The summed E-state index contributed by atoms with van der Waals surface area (Å²) in [6.45, 7) is 5.67. The summed E-state index contributed by atoms with van der Waals surface area (Å²) in [5, 5.41) is 36.3. The first-order chi connectivity index (χ1) is 33.8. The number of aliphatic carboxylic acids is 1. The second-order valence-corrected chi connectivity index (χ2v) is 17.5. The summed E-state index contributed by atoms with van der Waals surface area (Å²) < 4.78 is 97.3. The van der Waals surface area contributed by atoms with Crippen molar-refractivity contribution in [3.63, 3.8) is 0 Å². The lowest BCUT2D eigenvalue weighted by Crippen LogP contribution is -2.11. The molecule has 0 bridgehead atoms. The number of hydrogen-bond acceptors (Lipinski definition) is 14. The van der Waals surface area contributed by atoms with Gasteiger partial charge in [-0.25, -0.2) is 9.97 Å². The number of thiazole rings is 2. The standard InChI is InChI=1S/C24H19F3N2O4S.C14H15NO4.C12H10F3NOS.2CH4/c1-14-21(34-23(28-14)16-3-2-4-17(11-16)24(25,26)27)13-32-18-7-5-15(6-8-18)19(12-22(30)31)20-9-10-33-29-20;1-2-18-14(17)9-12(13-7-8-19-15-13)10-3-5-11(16)6-4-10;1-7-10(6-17)18-11(16-7)8-3-2-4-9(5-8)12(13,14)15;;/h2-11,19H,12-13H2,1H3,(H,30,31);3-8,12,16H,2,9H2,1H3;2-5,17H,6H2,1H3;2*1H4/t19-;12-;;;/m00.../s1. The number of aromatic hydroxyl groups is 1. The molecule has 0 amide bonds. The van der Waals surface area contributed by atoms with Gasteiger partial charge in [-0.1, -0.05) is 73.7 Å². The number of aromatic nitrogens is 4. The molecule has 8 rings (SSSR count). The molecule has 0 aliphatic carbocycles. The zero-order chi connectivity index (χ0) is 51.3. The first kappa shape index (κ1) is 58.2. The number of carboxylic acids is 1.